The van der Waals surface area contributed by atoms with Crippen LogP contribution in [0.5, 0.6) is 11.5 Å². The molecule has 0 amide bonds. The Labute approximate surface area is 157 Å². The molecule has 0 aliphatic carbocycles. The van der Waals surface area contributed by atoms with Crippen molar-refractivity contribution in [1.82, 2.24) is 9.66 Å². The van der Waals surface area contributed by atoms with Crippen LogP contribution in [0.3, 0.4) is 0 Å². The van der Waals surface area contributed by atoms with Gasteiger partial charge in [0.05, 0.1) is 11.6 Å². The SMILES string of the molecule is O=c1c2cc(-c3ccccc3)sc2ncn1N=Cc1ccc2c(c1)OCO2. The number of fused-ring (bicyclic) bond motifs is 2. The largest absolute Gasteiger partial charge is 0.454 e. The lowest BCUT2D eigenvalue weighted by Gasteiger charge is -1.99. The van der Waals surface area contributed by atoms with Crippen LogP contribution in [0, 0.1) is 0 Å². The molecular weight excluding hydrogens is 362 g/mol. The van der Waals surface area contributed by atoms with Gasteiger partial charge in [0.1, 0.15) is 11.2 Å². The first-order valence-electron chi connectivity index (χ1n) is 8.28. The van der Waals surface area contributed by atoms with Crippen LogP contribution in [0.15, 0.2) is 70.8 Å². The highest BCUT2D eigenvalue weighted by molar-refractivity contribution is 7.21. The molecule has 0 bridgehead atoms. The molecule has 5 rings (SSSR count). The molecule has 132 valence electrons. The molecule has 2 aromatic heterocycles. The molecule has 0 saturated carbocycles. The molecule has 0 fully saturated rings. The summed E-state index contributed by atoms with van der Waals surface area (Å²) in [6, 6.07) is 17.3. The van der Waals surface area contributed by atoms with Crippen molar-refractivity contribution in [2.75, 3.05) is 6.79 Å². The third kappa shape index (κ3) is 2.88. The molecule has 6 nitrogen and oxygen atoms in total. The molecule has 1 aliphatic rings. The van der Waals surface area contributed by atoms with Gasteiger partial charge in [0, 0.05) is 4.88 Å². The summed E-state index contributed by atoms with van der Waals surface area (Å²) in [5.41, 5.74) is 1.67. The number of nitrogens with zero attached hydrogens (tertiary/aromatic N) is 3. The Morgan fingerprint density at radius 3 is 2.81 bits per heavy atom. The maximum absolute atomic E-state index is 12.8. The van der Waals surface area contributed by atoms with Gasteiger partial charge >= 0.3 is 0 Å². The van der Waals surface area contributed by atoms with E-state index in [-0.39, 0.29) is 12.4 Å². The molecule has 2 aromatic carbocycles. The summed E-state index contributed by atoms with van der Waals surface area (Å²) < 4.78 is 11.9. The molecule has 4 aromatic rings. The minimum atomic E-state index is -0.199. The lowest BCUT2D eigenvalue weighted by molar-refractivity contribution is 0.174. The molecule has 1 aliphatic heterocycles. The number of ether oxygens (including phenoxy) is 2. The van der Waals surface area contributed by atoms with Crippen molar-refractivity contribution in [3.05, 3.63) is 76.8 Å². The van der Waals surface area contributed by atoms with Crippen molar-refractivity contribution in [2.45, 2.75) is 0 Å². The Hall–Kier alpha value is -3.45. The Bertz CT molecular complexity index is 1230. The molecule has 27 heavy (non-hydrogen) atoms. The maximum atomic E-state index is 12.8. The van der Waals surface area contributed by atoms with Gasteiger partial charge in [0.2, 0.25) is 6.79 Å². The van der Waals surface area contributed by atoms with E-state index in [1.54, 1.807) is 6.21 Å². The van der Waals surface area contributed by atoms with E-state index in [4.69, 9.17) is 9.47 Å². The zero-order valence-corrected chi connectivity index (χ0v) is 14.8. The summed E-state index contributed by atoms with van der Waals surface area (Å²) in [5, 5.41) is 4.82. The van der Waals surface area contributed by atoms with Crippen molar-refractivity contribution in [3.8, 4) is 21.9 Å². The van der Waals surface area contributed by atoms with Gasteiger partial charge in [-0.15, -0.1) is 11.3 Å². The van der Waals surface area contributed by atoms with Crippen LogP contribution in [-0.4, -0.2) is 22.7 Å². The zero-order valence-electron chi connectivity index (χ0n) is 14.0. The van der Waals surface area contributed by atoms with Gasteiger partial charge in [-0.2, -0.15) is 9.78 Å². The monoisotopic (exact) mass is 375 g/mol. The fourth-order valence-electron chi connectivity index (χ4n) is 2.86. The van der Waals surface area contributed by atoms with Gasteiger partial charge in [-0.1, -0.05) is 30.3 Å². The summed E-state index contributed by atoms with van der Waals surface area (Å²) in [6.45, 7) is 0.220. The van der Waals surface area contributed by atoms with Crippen LogP contribution >= 0.6 is 11.3 Å². The highest BCUT2D eigenvalue weighted by atomic mass is 32.1. The lowest BCUT2D eigenvalue weighted by atomic mass is 10.2. The quantitative estimate of drug-likeness (QED) is 0.512. The maximum Gasteiger partial charge on any atom is 0.282 e. The first kappa shape index (κ1) is 15.8. The van der Waals surface area contributed by atoms with Gasteiger partial charge in [-0.05, 0) is 35.4 Å². The predicted octanol–water partition coefficient (Wildman–Crippen LogP) is 3.74. The van der Waals surface area contributed by atoms with Crippen LogP contribution in [-0.2, 0) is 0 Å². The topological polar surface area (TPSA) is 65.7 Å². The number of benzene rings is 2. The molecule has 3 heterocycles. The molecule has 0 saturated heterocycles. The van der Waals surface area contributed by atoms with Crippen LogP contribution < -0.4 is 15.0 Å². The second-order valence-electron chi connectivity index (χ2n) is 5.95. The highest BCUT2D eigenvalue weighted by Gasteiger charge is 2.13. The third-order valence-electron chi connectivity index (χ3n) is 4.22. The summed E-state index contributed by atoms with van der Waals surface area (Å²) in [5.74, 6) is 1.38. The Balaban J connectivity index is 1.50. The van der Waals surface area contributed by atoms with Crippen molar-refractivity contribution in [1.29, 1.82) is 0 Å². The standard InChI is InChI=1S/C20H13N3O3S/c24-20-15-9-18(14-4-2-1-3-5-14)27-19(15)21-11-23(20)22-10-13-6-7-16-17(8-13)26-12-25-16/h1-11H,12H2. The Morgan fingerprint density at radius 2 is 1.93 bits per heavy atom. The van der Waals surface area contributed by atoms with E-state index >= 15 is 0 Å². The number of thiophene rings is 1. The number of rotatable bonds is 3. The van der Waals surface area contributed by atoms with Crippen molar-refractivity contribution in [2.24, 2.45) is 5.10 Å². The summed E-state index contributed by atoms with van der Waals surface area (Å²) in [6.07, 6.45) is 3.04. The summed E-state index contributed by atoms with van der Waals surface area (Å²) in [4.78, 5) is 18.8. The minimum Gasteiger partial charge on any atom is -0.454 e. The number of hydrogen-bond donors (Lipinski definition) is 0. The van der Waals surface area contributed by atoms with Crippen LogP contribution in [0.4, 0.5) is 0 Å². The van der Waals surface area contributed by atoms with E-state index in [0.717, 1.165) is 16.0 Å². The first-order valence-corrected chi connectivity index (χ1v) is 9.10. The van der Waals surface area contributed by atoms with E-state index in [1.165, 1.54) is 22.3 Å². The second kappa shape index (κ2) is 6.37. The highest BCUT2D eigenvalue weighted by Crippen LogP contribution is 2.32. The van der Waals surface area contributed by atoms with Gasteiger partial charge in [0.15, 0.2) is 11.5 Å². The van der Waals surface area contributed by atoms with E-state index in [1.807, 2.05) is 54.6 Å². The van der Waals surface area contributed by atoms with E-state index in [0.29, 0.717) is 21.7 Å². The van der Waals surface area contributed by atoms with E-state index < -0.39 is 0 Å². The van der Waals surface area contributed by atoms with Crippen molar-refractivity contribution >= 4 is 27.8 Å². The van der Waals surface area contributed by atoms with Crippen LogP contribution in [0.1, 0.15) is 5.56 Å². The van der Waals surface area contributed by atoms with Gasteiger partial charge in [-0.3, -0.25) is 4.79 Å². The Morgan fingerprint density at radius 1 is 1.07 bits per heavy atom. The fourth-order valence-corrected chi connectivity index (χ4v) is 3.86. The first-order chi connectivity index (χ1) is 13.3. The third-order valence-corrected chi connectivity index (χ3v) is 5.31. The molecule has 0 radical (unpaired) electrons. The summed E-state index contributed by atoms with van der Waals surface area (Å²) >= 11 is 1.49. The predicted molar refractivity (Wildman–Crippen MR) is 105 cm³/mol. The molecule has 0 N–H and O–H groups in total. The average molecular weight is 375 g/mol. The minimum absolute atomic E-state index is 0.199. The van der Waals surface area contributed by atoms with Gasteiger partial charge in [-0.25, -0.2) is 4.98 Å². The number of hydrogen-bond acceptors (Lipinski definition) is 6. The summed E-state index contributed by atoms with van der Waals surface area (Å²) in [7, 11) is 0. The van der Waals surface area contributed by atoms with Gasteiger partial charge < -0.3 is 9.47 Å². The molecule has 0 atom stereocenters. The zero-order chi connectivity index (χ0) is 18.2. The number of aromatic nitrogens is 2. The van der Waals surface area contributed by atoms with E-state index in [2.05, 4.69) is 10.1 Å². The van der Waals surface area contributed by atoms with Crippen LogP contribution in [0.2, 0.25) is 0 Å². The average Bonchev–Trinajstić information content (AvgIpc) is 3.35. The molecule has 0 spiro atoms. The normalized spacial score (nSPS) is 12.9. The van der Waals surface area contributed by atoms with Gasteiger partial charge in [0.25, 0.3) is 5.56 Å². The fraction of sp³-hybridized carbons (Fsp3) is 0.0500. The lowest BCUT2D eigenvalue weighted by Crippen LogP contribution is -2.16. The molecule has 0 unspecified atom stereocenters. The second-order valence-corrected chi connectivity index (χ2v) is 6.98. The van der Waals surface area contributed by atoms with Crippen molar-refractivity contribution < 1.29 is 9.47 Å². The molecular formula is C20H13N3O3S. The molecule has 7 heteroatoms. The van der Waals surface area contributed by atoms with E-state index in [9.17, 15) is 4.79 Å². The van der Waals surface area contributed by atoms with Crippen LogP contribution in [0.25, 0.3) is 20.7 Å². The Kier molecular flexibility index (Phi) is 3.72. The smallest absolute Gasteiger partial charge is 0.282 e. The van der Waals surface area contributed by atoms with Crippen molar-refractivity contribution in [3.63, 3.8) is 0 Å².